The van der Waals surface area contributed by atoms with Gasteiger partial charge in [-0.15, -0.1) is 0 Å². The lowest BCUT2D eigenvalue weighted by Gasteiger charge is -2.34. The van der Waals surface area contributed by atoms with Gasteiger partial charge < -0.3 is 19.7 Å². The molecule has 3 heterocycles. The van der Waals surface area contributed by atoms with Gasteiger partial charge in [0, 0.05) is 51.7 Å². The van der Waals surface area contributed by atoms with Crippen LogP contribution in [-0.4, -0.2) is 60.3 Å². The molecule has 1 aromatic heterocycles. The molecule has 0 bridgehead atoms. The summed E-state index contributed by atoms with van der Waals surface area (Å²) in [6, 6.07) is 6.12. The first-order chi connectivity index (χ1) is 14.2. The maximum Gasteiger partial charge on any atom is 0.254 e. The van der Waals surface area contributed by atoms with Gasteiger partial charge in [-0.25, -0.2) is 9.97 Å². The maximum absolute atomic E-state index is 12.1. The first-order valence-electron chi connectivity index (χ1n) is 10.2. The van der Waals surface area contributed by atoms with Gasteiger partial charge >= 0.3 is 0 Å². The van der Waals surface area contributed by atoms with E-state index in [2.05, 4.69) is 44.1 Å². The quantitative estimate of drug-likeness (QED) is 0.717. The summed E-state index contributed by atoms with van der Waals surface area (Å²) in [5.41, 5.74) is 1.73. The second-order valence-corrected chi connectivity index (χ2v) is 7.33. The molecule has 0 atom stereocenters. The summed E-state index contributed by atoms with van der Waals surface area (Å²) in [6.07, 6.45) is 5.25. The Hall–Kier alpha value is -2.87. The Morgan fingerprint density at radius 3 is 2.62 bits per heavy atom. The molecule has 154 valence electrons. The van der Waals surface area contributed by atoms with Crippen LogP contribution in [0.2, 0.25) is 0 Å². The Kier molecular flexibility index (Phi) is 6.09. The van der Waals surface area contributed by atoms with E-state index in [1.165, 1.54) is 5.56 Å². The highest BCUT2D eigenvalue weighted by atomic mass is 16.7. The largest absolute Gasteiger partial charge is 0.454 e. The van der Waals surface area contributed by atoms with E-state index >= 15 is 0 Å². The number of carbonyl (C=O) groups is 1. The van der Waals surface area contributed by atoms with Gasteiger partial charge in [0.1, 0.15) is 0 Å². The van der Waals surface area contributed by atoms with E-state index in [4.69, 9.17) is 9.47 Å². The van der Waals surface area contributed by atoms with Gasteiger partial charge in [0.05, 0.1) is 5.56 Å². The van der Waals surface area contributed by atoms with Crippen LogP contribution in [0, 0.1) is 0 Å². The highest BCUT2D eigenvalue weighted by Gasteiger charge is 2.20. The number of amides is 1. The number of ether oxygens (including phenoxy) is 2. The molecule has 29 heavy (non-hydrogen) atoms. The number of benzene rings is 1. The lowest BCUT2D eigenvalue weighted by Crippen LogP contribution is -2.46. The van der Waals surface area contributed by atoms with E-state index in [0.29, 0.717) is 24.8 Å². The van der Waals surface area contributed by atoms with Crippen LogP contribution in [0.15, 0.2) is 30.6 Å². The topological polar surface area (TPSA) is 79.8 Å². The summed E-state index contributed by atoms with van der Waals surface area (Å²) in [5, 5.41) is 2.89. The van der Waals surface area contributed by atoms with Gasteiger partial charge in [0.2, 0.25) is 12.7 Å². The fourth-order valence-electron chi connectivity index (χ4n) is 3.49. The van der Waals surface area contributed by atoms with Gasteiger partial charge in [0.15, 0.2) is 11.5 Å². The lowest BCUT2D eigenvalue weighted by atomic mass is 10.1. The number of fused-ring (bicyclic) bond motifs is 1. The molecule has 1 N–H and O–H groups in total. The third kappa shape index (κ3) is 4.76. The van der Waals surface area contributed by atoms with Crippen LogP contribution in [0.25, 0.3) is 0 Å². The van der Waals surface area contributed by atoms with Crippen molar-refractivity contribution in [1.29, 1.82) is 0 Å². The van der Waals surface area contributed by atoms with Crippen LogP contribution in [0.1, 0.15) is 35.7 Å². The Morgan fingerprint density at radius 1 is 1.10 bits per heavy atom. The number of anilines is 1. The van der Waals surface area contributed by atoms with Crippen molar-refractivity contribution >= 4 is 11.9 Å². The Labute approximate surface area is 170 Å². The van der Waals surface area contributed by atoms with Crippen molar-refractivity contribution in [2.24, 2.45) is 0 Å². The molecule has 1 fully saturated rings. The highest BCUT2D eigenvalue weighted by Crippen LogP contribution is 2.32. The number of nitrogens with zero attached hydrogens (tertiary/aromatic N) is 4. The lowest BCUT2D eigenvalue weighted by molar-refractivity contribution is 0.0952. The van der Waals surface area contributed by atoms with Gasteiger partial charge in [-0.1, -0.05) is 19.4 Å². The van der Waals surface area contributed by atoms with E-state index in [0.717, 1.165) is 57.1 Å². The minimum absolute atomic E-state index is 0.112. The van der Waals surface area contributed by atoms with E-state index in [1.807, 2.05) is 6.07 Å². The van der Waals surface area contributed by atoms with Crippen molar-refractivity contribution in [3.05, 3.63) is 41.7 Å². The predicted octanol–water partition coefficient (Wildman–Crippen LogP) is 2.06. The summed E-state index contributed by atoms with van der Waals surface area (Å²) < 4.78 is 10.8. The van der Waals surface area contributed by atoms with Crippen molar-refractivity contribution in [1.82, 2.24) is 20.2 Å². The molecule has 2 aliphatic heterocycles. The predicted molar refractivity (Wildman–Crippen MR) is 109 cm³/mol. The normalized spacial score (nSPS) is 16.1. The van der Waals surface area contributed by atoms with Gasteiger partial charge in [-0.05, 0) is 24.1 Å². The zero-order valence-corrected chi connectivity index (χ0v) is 16.8. The number of hydrogen-bond acceptors (Lipinski definition) is 7. The standard InChI is InChI=1S/C21H27N5O3/c1-2-3-6-22-20(27)17-12-23-21(24-13-17)26-9-7-25(8-10-26)14-16-4-5-18-19(11-16)29-15-28-18/h4-5,11-13H,2-3,6-10,14-15H2,1H3,(H,22,27). The second kappa shape index (κ2) is 9.09. The zero-order chi connectivity index (χ0) is 20.1. The Balaban J connectivity index is 1.27. The molecule has 1 aromatic carbocycles. The molecule has 2 aliphatic rings. The first-order valence-corrected chi connectivity index (χ1v) is 10.2. The number of nitrogens with one attached hydrogen (secondary N) is 1. The Bertz CT molecular complexity index is 835. The average Bonchev–Trinajstić information content (AvgIpc) is 3.22. The zero-order valence-electron chi connectivity index (χ0n) is 16.8. The second-order valence-electron chi connectivity index (χ2n) is 7.33. The molecule has 1 amide bonds. The number of unbranched alkanes of at least 4 members (excludes halogenated alkanes) is 1. The fourth-order valence-corrected chi connectivity index (χ4v) is 3.49. The smallest absolute Gasteiger partial charge is 0.254 e. The first kappa shape index (κ1) is 19.4. The van der Waals surface area contributed by atoms with Crippen molar-refractivity contribution in [2.45, 2.75) is 26.3 Å². The third-order valence-corrected chi connectivity index (χ3v) is 5.21. The van der Waals surface area contributed by atoms with E-state index in [1.54, 1.807) is 12.4 Å². The molecule has 0 spiro atoms. The molecule has 0 radical (unpaired) electrons. The van der Waals surface area contributed by atoms with Crippen LogP contribution in [-0.2, 0) is 6.54 Å². The summed E-state index contributed by atoms with van der Waals surface area (Å²) in [6.45, 7) is 7.52. The highest BCUT2D eigenvalue weighted by molar-refractivity contribution is 5.93. The summed E-state index contributed by atoms with van der Waals surface area (Å²) in [4.78, 5) is 25.4. The molecule has 4 rings (SSSR count). The van der Waals surface area contributed by atoms with Crippen LogP contribution in [0.3, 0.4) is 0 Å². The number of rotatable bonds is 7. The van der Waals surface area contributed by atoms with Crippen LogP contribution in [0.4, 0.5) is 5.95 Å². The van der Waals surface area contributed by atoms with E-state index in [-0.39, 0.29) is 5.91 Å². The van der Waals surface area contributed by atoms with Gasteiger partial charge in [-0.3, -0.25) is 9.69 Å². The number of carbonyl (C=O) groups excluding carboxylic acids is 1. The Morgan fingerprint density at radius 2 is 1.86 bits per heavy atom. The van der Waals surface area contributed by atoms with Gasteiger partial charge in [-0.2, -0.15) is 0 Å². The summed E-state index contributed by atoms with van der Waals surface area (Å²) in [5.74, 6) is 2.21. The summed E-state index contributed by atoms with van der Waals surface area (Å²) >= 11 is 0. The van der Waals surface area contributed by atoms with E-state index < -0.39 is 0 Å². The monoisotopic (exact) mass is 397 g/mol. The average molecular weight is 397 g/mol. The number of piperazine rings is 1. The van der Waals surface area contributed by atoms with Crippen molar-refractivity contribution in [3.8, 4) is 11.5 Å². The van der Waals surface area contributed by atoms with E-state index in [9.17, 15) is 4.79 Å². The minimum Gasteiger partial charge on any atom is -0.454 e. The van der Waals surface area contributed by atoms with Crippen LogP contribution >= 0.6 is 0 Å². The van der Waals surface area contributed by atoms with Crippen molar-refractivity contribution < 1.29 is 14.3 Å². The molecule has 0 aliphatic carbocycles. The van der Waals surface area contributed by atoms with Crippen molar-refractivity contribution in [3.63, 3.8) is 0 Å². The SMILES string of the molecule is CCCCNC(=O)c1cnc(N2CCN(Cc3ccc4c(c3)OCO4)CC2)nc1. The fraction of sp³-hybridized carbons (Fsp3) is 0.476. The molecule has 0 saturated carbocycles. The molecular weight excluding hydrogens is 370 g/mol. The van der Waals surface area contributed by atoms with Gasteiger partial charge in [0.25, 0.3) is 5.91 Å². The van der Waals surface area contributed by atoms with Crippen LogP contribution in [0.5, 0.6) is 11.5 Å². The third-order valence-electron chi connectivity index (χ3n) is 5.21. The summed E-state index contributed by atoms with van der Waals surface area (Å²) in [7, 11) is 0. The number of aromatic nitrogens is 2. The van der Waals surface area contributed by atoms with Crippen molar-refractivity contribution in [2.75, 3.05) is 44.4 Å². The molecule has 2 aromatic rings. The maximum atomic E-state index is 12.1. The minimum atomic E-state index is -0.112. The molecule has 8 nitrogen and oxygen atoms in total. The number of hydrogen-bond donors (Lipinski definition) is 1. The van der Waals surface area contributed by atoms with Crippen LogP contribution < -0.4 is 19.7 Å². The molecule has 0 unspecified atom stereocenters. The molecule has 1 saturated heterocycles. The molecular formula is C21H27N5O3. The molecule has 8 heteroatoms.